The molecule has 0 aliphatic carbocycles. The van der Waals surface area contributed by atoms with Gasteiger partial charge in [-0.15, -0.1) is 11.8 Å². The minimum Gasteiger partial charge on any atom is -0.463 e. The van der Waals surface area contributed by atoms with E-state index in [1.165, 1.54) is 6.07 Å². The summed E-state index contributed by atoms with van der Waals surface area (Å²) in [5.41, 5.74) is 3.69. The second-order valence-electron chi connectivity index (χ2n) is 8.78. The smallest absolute Gasteiger partial charge is 0.282 e. The third-order valence-electron chi connectivity index (χ3n) is 6.42. The third kappa shape index (κ3) is 5.64. The Hall–Kier alpha value is -4.18. The number of fused-ring (bicyclic) bond motifs is 1. The summed E-state index contributed by atoms with van der Waals surface area (Å²) in [5.74, 6) is 0.126. The highest BCUT2D eigenvalue weighted by Crippen LogP contribution is 2.31. The number of rotatable bonds is 7. The Balaban J connectivity index is 1.12. The van der Waals surface area contributed by atoms with Crippen LogP contribution in [0.15, 0.2) is 82.4 Å². The average molecular weight is 517 g/mol. The van der Waals surface area contributed by atoms with Gasteiger partial charge in [-0.2, -0.15) is 0 Å². The molecule has 0 atom stereocenters. The molecule has 2 aromatic carbocycles. The molecular weight excluding hydrogens is 492 g/mol. The molecule has 188 valence electrons. The van der Waals surface area contributed by atoms with Crippen molar-refractivity contribution in [2.45, 2.75) is 23.7 Å². The number of furan rings is 1. The lowest BCUT2D eigenvalue weighted by Crippen LogP contribution is -2.38. The van der Waals surface area contributed by atoms with Crippen LogP contribution in [-0.4, -0.2) is 45.5 Å². The zero-order chi connectivity index (χ0) is 25.8. The van der Waals surface area contributed by atoms with Crippen molar-refractivity contribution >= 4 is 46.1 Å². The normalized spacial score (nSPS) is 14.0. The predicted molar refractivity (Wildman–Crippen MR) is 141 cm³/mol. The highest BCUT2D eigenvalue weighted by molar-refractivity contribution is 8.00. The largest absolute Gasteiger partial charge is 0.463 e. The predicted octanol–water partition coefficient (Wildman–Crippen LogP) is 5.49. The van der Waals surface area contributed by atoms with E-state index >= 15 is 0 Å². The van der Waals surface area contributed by atoms with E-state index in [1.807, 2.05) is 29.2 Å². The molecule has 0 radical (unpaired) electrons. The maximum atomic E-state index is 12.9. The van der Waals surface area contributed by atoms with E-state index in [2.05, 4.69) is 10.3 Å². The quantitative estimate of drug-likeness (QED) is 0.196. The van der Waals surface area contributed by atoms with Gasteiger partial charge in [0.05, 0.1) is 27.4 Å². The summed E-state index contributed by atoms with van der Waals surface area (Å²) in [6.45, 7) is 1.31. The second-order valence-corrected chi connectivity index (χ2v) is 9.80. The molecule has 1 N–H and O–H groups in total. The highest BCUT2D eigenvalue weighted by atomic mass is 32.2. The van der Waals surface area contributed by atoms with Gasteiger partial charge >= 0.3 is 0 Å². The van der Waals surface area contributed by atoms with Crippen molar-refractivity contribution in [3.8, 4) is 0 Å². The van der Waals surface area contributed by atoms with Crippen LogP contribution in [0.5, 0.6) is 0 Å². The zero-order valence-corrected chi connectivity index (χ0v) is 20.6. The first-order chi connectivity index (χ1) is 18.0. The summed E-state index contributed by atoms with van der Waals surface area (Å²) < 4.78 is 5.37. The van der Waals surface area contributed by atoms with Crippen LogP contribution in [0.25, 0.3) is 11.1 Å². The Morgan fingerprint density at radius 3 is 2.62 bits per heavy atom. The van der Waals surface area contributed by atoms with Crippen LogP contribution in [0.2, 0.25) is 0 Å². The molecule has 4 aromatic rings. The lowest BCUT2D eigenvalue weighted by Gasteiger charge is -2.32. The zero-order valence-electron chi connectivity index (χ0n) is 19.8. The van der Waals surface area contributed by atoms with E-state index in [0.717, 1.165) is 35.7 Å². The monoisotopic (exact) mass is 516 g/mol. The van der Waals surface area contributed by atoms with Gasteiger partial charge in [-0.1, -0.05) is 24.3 Å². The number of amides is 2. The summed E-state index contributed by atoms with van der Waals surface area (Å²) in [5, 5.41) is 14.0. The number of para-hydroxylation sites is 1. The summed E-state index contributed by atoms with van der Waals surface area (Å²) >= 11 is 1.14. The number of pyridine rings is 1. The standard InChI is InChI=1S/C27H24N4O5S/c32-26(17-37-25-4-2-1-3-23(25)31(34)35)29-21-7-5-18(6-8-21)19-9-12-30(13-10-19)27(33)20-15-24-22(28-16-20)11-14-36-24/h1-8,11,14-16,19H,9-10,12-13,17H2,(H,29,32). The Bertz CT molecular complexity index is 1440. The number of nitro benzene ring substituents is 1. The molecule has 5 rings (SSSR count). The molecule has 1 saturated heterocycles. The molecule has 2 amide bonds. The molecule has 37 heavy (non-hydrogen) atoms. The maximum absolute atomic E-state index is 12.9. The van der Waals surface area contributed by atoms with Crippen molar-refractivity contribution in [3.63, 3.8) is 0 Å². The highest BCUT2D eigenvalue weighted by Gasteiger charge is 2.25. The molecule has 0 saturated carbocycles. The number of likely N-dealkylation sites (tertiary alicyclic amines) is 1. The van der Waals surface area contributed by atoms with Crippen molar-refractivity contribution in [1.29, 1.82) is 0 Å². The first-order valence-corrected chi connectivity index (χ1v) is 12.8. The number of thioether (sulfide) groups is 1. The van der Waals surface area contributed by atoms with E-state index in [-0.39, 0.29) is 23.3 Å². The van der Waals surface area contributed by atoms with Gasteiger partial charge in [0.2, 0.25) is 5.91 Å². The third-order valence-corrected chi connectivity index (χ3v) is 7.48. The number of hydrogen-bond donors (Lipinski definition) is 1. The van der Waals surface area contributed by atoms with Crippen LogP contribution in [0.1, 0.15) is 34.7 Å². The minimum atomic E-state index is -0.448. The molecule has 2 aromatic heterocycles. The summed E-state index contributed by atoms with van der Waals surface area (Å²) in [7, 11) is 0. The van der Waals surface area contributed by atoms with Crippen molar-refractivity contribution in [3.05, 3.63) is 94.4 Å². The van der Waals surface area contributed by atoms with E-state index in [9.17, 15) is 19.7 Å². The number of hydrogen-bond acceptors (Lipinski definition) is 7. The van der Waals surface area contributed by atoms with E-state index in [0.29, 0.717) is 40.7 Å². The first kappa shape index (κ1) is 24.5. The number of carbonyl (C=O) groups is 2. The van der Waals surface area contributed by atoms with Gasteiger partial charge in [0.15, 0.2) is 5.58 Å². The van der Waals surface area contributed by atoms with Gasteiger partial charge in [-0.05, 0) is 48.6 Å². The molecule has 0 spiro atoms. The van der Waals surface area contributed by atoms with Gasteiger partial charge in [0.1, 0.15) is 5.52 Å². The summed E-state index contributed by atoms with van der Waals surface area (Å²) in [4.78, 5) is 42.6. The molecule has 1 fully saturated rings. The van der Waals surface area contributed by atoms with Crippen LogP contribution in [0, 0.1) is 10.1 Å². The van der Waals surface area contributed by atoms with Crippen molar-refractivity contribution in [1.82, 2.24) is 9.88 Å². The number of nitro groups is 1. The average Bonchev–Trinajstić information content (AvgIpc) is 3.40. The molecule has 0 unspecified atom stereocenters. The second kappa shape index (κ2) is 10.8. The Morgan fingerprint density at radius 1 is 1.11 bits per heavy atom. The van der Waals surface area contributed by atoms with Crippen molar-refractivity contribution < 1.29 is 18.9 Å². The number of anilines is 1. The minimum absolute atomic E-state index is 0.00680. The van der Waals surface area contributed by atoms with Gasteiger partial charge in [0.25, 0.3) is 11.6 Å². The summed E-state index contributed by atoms with van der Waals surface area (Å²) in [6, 6.07) is 17.6. The molecule has 10 heteroatoms. The molecular formula is C27H24N4O5S. The van der Waals surface area contributed by atoms with Gasteiger partial charge in [-0.3, -0.25) is 24.7 Å². The number of aromatic nitrogens is 1. The number of nitrogens with one attached hydrogen (secondary N) is 1. The van der Waals surface area contributed by atoms with Crippen LogP contribution in [-0.2, 0) is 4.79 Å². The number of piperidine rings is 1. The van der Waals surface area contributed by atoms with E-state index in [4.69, 9.17) is 4.42 Å². The van der Waals surface area contributed by atoms with Crippen LogP contribution < -0.4 is 5.32 Å². The van der Waals surface area contributed by atoms with Crippen LogP contribution in [0.3, 0.4) is 0 Å². The SMILES string of the molecule is O=C(CSc1ccccc1[N+](=O)[O-])Nc1ccc(C2CCN(C(=O)c3cnc4ccoc4c3)CC2)cc1. The lowest BCUT2D eigenvalue weighted by atomic mass is 9.89. The van der Waals surface area contributed by atoms with E-state index < -0.39 is 4.92 Å². The Kier molecular flexibility index (Phi) is 7.18. The molecule has 1 aliphatic rings. The fraction of sp³-hybridized carbons (Fsp3) is 0.222. The number of nitrogens with zero attached hydrogens (tertiary/aromatic N) is 3. The van der Waals surface area contributed by atoms with Crippen LogP contribution >= 0.6 is 11.8 Å². The molecule has 3 heterocycles. The lowest BCUT2D eigenvalue weighted by molar-refractivity contribution is -0.387. The number of benzene rings is 2. The molecule has 1 aliphatic heterocycles. The topological polar surface area (TPSA) is 119 Å². The first-order valence-electron chi connectivity index (χ1n) is 11.9. The van der Waals surface area contributed by atoms with Gasteiger partial charge < -0.3 is 14.6 Å². The van der Waals surface area contributed by atoms with E-state index in [1.54, 1.807) is 42.8 Å². The molecule has 0 bridgehead atoms. The Labute approximate surface area is 217 Å². The maximum Gasteiger partial charge on any atom is 0.282 e. The molecule has 9 nitrogen and oxygen atoms in total. The van der Waals surface area contributed by atoms with Crippen molar-refractivity contribution in [2.75, 3.05) is 24.2 Å². The van der Waals surface area contributed by atoms with Crippen LogP contribution in [0.4, 0.5) is 11.4 Å². The van der Waals surface area contributed by atoms with Crippen molar-refractivity contribution in [2.24, 2.45) is 0 Å². The number of carbonyl (C=O) groups excluding carboxylic acids is 2. The fourth-order valence-corrected chi connectivity index (χ4v) is 5.29. The van der Waals surface area contributed by atoms with Gasteiger partial charge in [0, 0.05) is 37.1 Å². The summed E-state index contributed by atoms with van der Waals surface area (Å²) in [6.07, 6.45) is 4.85. The fourth-order valence-electron chi connectivity index (χ4n) is 4.47. The Morgan fingerprint density at radius 2 is 1.86 bits per heavy atom. The van der Waals surface area contributed by atoms with Gasteiger partial charge in [-0.25, -0.2) is 0 Å².